The number of aliphatic hydroxyl groups excluding tert-OH is 1. The molecule has 0 aliphatic heterocycles. The summed E-state index contributed by atoms with van der Waals surface area (Å²) in [7, 11) is 2.14. The third-order valence-corrected chi connectivity index (χ3v) is 5.19. The zero-order valence-electron chi connectivity index (χ0n) is 12.5. The number of hydrogen-bond acceptors (Lipinski definition) is 4. The molecular weight excluding hydrogens is 256 g/mol. The molecule has 0 spiro atoms. The van der Waals surface area contributed by atoms with E-state index in [1.807, 2.05) is 17.5 Å². The Labute approximate surface area is 120 Å². The summed E-state index contributed by atoms with van der Waals surface area (Å²) in [4.78, 5) is 8.17. The Bertz CT molecular complexity index is 411. The molecule has 1 aromatic heterocycles. The van der Waals surface area contributed by atoms with Gasteiger partial charge < -0.3 is 10.0 Å². The maximum Gasteiger partial charge on any atom is 0.0981 e. The fourth-order valence-electron chi connectivity index (χ4n) is 2.69. The van der Waals surface area contributed by atoms with Crippen molar-refractivity contribution in [3.8, 4) is 0 Å². The predicted octanol–water partition coefficient (Wildman–Crippen LogP) is 3.03. The van der Waals surface area contributed by atoms with Crippen LogP contribution in [0.4, 0.5) is 0 Å². The Morgan fingerprint density at radius 3 is 2.68 bits per heavy atom. The number of aliphatic hydroxyl groups is 1. The Balaban J connectivity index is 1.88. The quantitative estimate of drug-likeness (QED) is 0.922. The molecule has 2 atom stereocenters. The third-order valence-electron chi connectivity index (χ3n) is 3.79. The molecule has 1 N–H and O–H groups in total. The second-order valence-electron chi connectivity index (χ2n) is 6.84. The van der Waals surface area contributed by atoms with Gasteiger partial charge in [0.2, 0.25) is 0 Å². The number of nitrogens with zero attached hydrogens (tertiary/aromatic N) is 2. The molecule has 0 aromatic carbocycles. The van der Waals surface area contributed by atoms with Crippen LogP contribution in [0.1, 0.15) is 49.9 Å². The summed E-state index contributed by atoms with van der Waals surface area (Å²) in [5, 5.41) is 11.1. The van der Waals surface area contributed by atoms with E-state index in [2.05, 4.69) is 37.7 Å². The van der Waals surface area contributed by atoms with Gasteiger partial charge in [-0.25, -0.2) is 4.98 Å². The van der Waals surface area contributed by atoms with Crippen LogP contribution in [0.5, 0.6) is 0 Å². The van der Waals surface area contributed by atoms with Gasteiger partial charge in [-0.05, 0) is 25.8 Å². The van der Waals surface area contributed by atoms with Gasteiger partial charge in [-0.3, -0.25) is 0 Å². The first-order valence-corrected chi connectivity index (χ1v) is 7.99. The molecule has 1 aliphatic carbocycles. The summed E-state index contributed by atoms with van der Waals surface area (Å²) in [6, 6.07) is 0. The van der Waals surface area contributed by atoms with E-state index in [0.717, 1.165) is 19.5 Å². The van der Waals surface area contributed by atoms with Crippen LogP contribution in [0.15, 0.2) is 6.20 Å². The van der Waals surface area contributed by atoms with Crippen LogP contribution < -0.4 is 0 Å². The predicted molar refractivity (Wildman–Crippen MR) is 80.5 cm³/mol. The molecule has 1 fully saturated rings. The van der Waals surface area contributed by atoms with Crippen molar-refractivity contribution < 1.29 is 5.11 Å². The molecule has 0 saturated heterocycles. The largest absolute Gasteiger partial charge is 0.393 e. The zero-order valence-corrected chi connectivity index (χ0v) is 13.3. The first kappa shape index (κ1) is 14.9. The highest BCUT2D eigenvalue weighted by atomic mass is 32.1. The van der Waals surface area contributed by atoms with Gasteiger partial charge in [0.1, 0.15) is 0 Å². The lowest BCUT2D eigenvalue weighted by Crippen LogP contribution is -2.29. The summed E-state index contributed by atoms with van der Waals surface area (Å²) in [5.74, 6) is 0.458. The van der Waals surface area contributed by atoms with Crippen molar-refractivity contribution in [3.63, 3.8) is 0 Å². The molecule has 1 saturated carbocycles. The van der Waals surface area contributed by atoms with Crippen LogP contribution >= 0.6 is 11.3 Å². The minimum atomic E-state index is -0.0888. The van der Waals surface area contributed by atoms with Crippen LogP contribution in [0, 0.1) is 5.92 Å². The van der Waals surface area contributed by atoms with E-state index < -0.39 is 0 Å². The van der Waals surface area contributed by atoms with E-state index in [0.29, 0.717) is 5.92 Å². The second kappa shape index (κ2) is 5.90. The van der Waals surface area contributed by atoms with E-state index >= 15 is 0 Å². The van der Waals surface area contributed by atoms with E-state index in [4.69, 9.17) is 0 Å². The molecule has 1 aromatic rings. The molecule has 108 valence electrons. The van der Waals surface area contributed by atoms with Gasteiger partial charge in [0.15, 0.2) is 0 Å². The van der Waals surface area contributed by atoms with Crippen LogP contribution in [0.2, 0.25) is 0 Å². The molecule has 4 heteroatoms. The lowest BCUT2D eigenvalue weighted by atomic mass is 9.98. The molecule has 2 unspecified atom stereocenters. The van der Waals surface area contributed by atoms with Crippen LogP contribution in [0.25, 0.3) is 0 Å². The molecule has 0 amide bonds. The standard InChI is InChI=1S/C15H26N2OS/c1-15(2,3)14-16-8-12(19-14)10-17(4)9-11-6-5-7-13(11)18/h8,11,13,18H,5-7,9-10H2,1-4H3. The Morgan fingerprint density at radius 1 is 1.42 bits per heavy atom. The van der Waals surface area contributed by atoms with Crippen molar-refractivity contribution in [2.45, 2.75) is 58.1 Å². The maximum absolute atomic E-state index is 9.88. The van der Waals surface area contributed by atoms with Gasteiger partial charge in [0.05, 0.1) is 11.1 Å². The summed E-state index contributed by atoms with van der Waals surface area (Å²) < 4.78 is 0. The fourth-order valence-corrected chi connectivity index (χ4v) is 3.74. The second-order valence-corrected chi connectivity index (χ2v) is 7.95. The molecule has 1 aliphatic rings. The third kappa shape index (κ3) is 4.01. The Morgan fingerprint density at radius 2 is 2.16 bits per heavy atom. The average Bonchev–Trinajstić information content (AvgIpc) is 2.88. The van der Waals surface area contributed by atoms with Crippen molar-refractivity contribution in [2.24, 2.45) is 5.92 Å². The van der Waals surface area contributed by atoms with E-state index in [9.17, 15) is 5.11 Å². The highest BCUT2D eigenvalue weighted by molar-refractivity contribution is 7.11. The van der Waals surface area contributed by atoms with Crippen LogP contribution in [0.3, 0.4) is 0 Å². The molecule has 3 nitrogen and oxygen atoms in total. The van der Waals surface area contributed by atoms with Crippen molar-refractivity contribution >= 4 is 11.3 Å². The minimum Gasteiger partial charge on any atom is -0.393 e. The molecule has 0 bridgehead atoms. The monoisotopic (exact) mass is 282 g/mol. The van der Waals surface area contributed by atoms with Gasteiger partial charge in [0, 0.05) is 29.6 Å². The lowest BCUT2D eigenvalue weighted by Gasteiger charge is -2.22. The van der Waals surface area contributed by atoms with Gasteiger partial charge in [-0.1, -0.05) is 27.2 Å². The zero-order chi connectivity index (χ0) is 14.0. The van der Waals surface area contributed by atoms with Gasteiger partial charge >= 0.3 is 0 Å². The first-order valence-electron chi connectivity index (χ1n) is 7.18. The summed E-state index contributed by atoms with van der Waals surface area (Å²) in [5.41, 5.74) is 0.142. The van der Waals surface area contributed by atoms with E-state index in [1.54, 1.807) is 0 Å². The SMILES string of the molecule is CN(Cc1cnc(C(C)(C)C)s1)CC1CCCC1O. The fraction of sp³-hybridized carbons (Fsp3) is 0.800. The van der Waals surface area contributed by atoms with Crippen molar-refractivity contribution in [2.75, 3.05) is 13.6 Å². The number of aromatic nitrogens is 1. The summed E-state index contributed by atoms with van der Waals surface area (Å²) in [6.07, 6.45) is 5.24. The summed E-state index contributed by atoms with van der Waals surface area (Å²) >= 11 is 1.81. The van der Waals surface area contributed by atoms with Crippen molar-refractivity contribution in [3.05, 3.63) is 16.1 Å². The molecular formula is C15H26N2OS. The molecule has 2 rings (SSSR count). The molecule has 1 heterocycles. The van der Waals surface area contributed by atoms with Crippen molar-refractivity contribution in [1.82, 2.24) is 9.88 Å². The summed E-state index contributed by atoms with van der Waals surface area (Å²) in [6.45, 7) is 8.54. The average molecular weight is 282 g/mol. The van der Waals surface area contributed by atoms with Crippen molar-refractivity contribution in [1.29, 1.82) is 0 Å². The van der Waals surface area contributed by atoms with Gasteiger partial charge in [-0.2, -0.15) is 0 Å². The van der Waals surface area contributed by atoms with Crippen LogP contribution in [-0.2, 0) is 12.0 Å². The van der Waals surface area contributed by atoms with Gasteiger partial charge in [0.25, 0.3) is 0 Å². The topological polar surface area (TPSA) is 36.4 Å². The maximum atomic E-state index is 9.88. The highest BCUT2D eigenvalue weighted by Gasteiger charge is 2.26. The van der Waals surface area contributed by atoms with E-state index in [-0.39, 0.29) is 11.5 Å². The Kier molecular flexibility index (Phi) is 4.64. The van der Waals surface area contributed by atoms with Crippen LogP contribution in [-0.4, -0.2) is 34.7 Å². The molecule has 19 heavy (non-hydrogen) atoms. The number of thiazole rings is 1. The first-order chi connectivity index (χ1) is 8.86. The van der Waals surface area contributed by atoms with Gasteiger partial charge in [-0.15, -0.1) is 11.3 Å². The smallest absolute Gasteiger partial charge is 0.0981 e. The minimum absolute atomic E-state index is 0.0888. The number of rotatable bonds is 4. The highest BCUT2D eigenvalue weighted by Crippen LogP contribution is 2.29. The lowest BCUT2D eigenvalue weighted by molar-refractivity contribution is 0.108. The molecule has 0 radical (unpaired) electrons. The Hall–Kier alpha value is -0.450. The number of hydrogen-bond donors (Lipinski definition) is 1. The van der Waals surface area contributed by atoms with E-state index in [1.165, 1.54) is 22.7 Å². The normalized spacial score (nSPS) is 24.3.